The quantitative estimate of drug-likeness (QED) is 0.400. The van der Waals surface area contributed by atoms with Gasteiger partial charge in [0, 0.05) is 10.5 Å². The van der Waals surface area contributed by atoms with Gasteiger partial charge < -0.3 is 13.7 Å². The molecule has 0 radical (unpaired) electrons. The van der Waals surface area contributed by atoms with E-state index >= 15 is 0 Å². The van der Waals surface area contributed by atoms with Gasteiger partial charge >= 0.3 is 16.1 Å². The lowest BCUT2D eigenvalue weighted by Crippen LogP contribution is -2.10. The summed E-state index contributed by atoms with van der Waals surface area (Å²) in [5, 5.41) is 0. The maximum atomic E-state index is 12.4. The summed E-state index contributed by atoms with van der Waals surface area (Å²) in [7, 11) is -1.33. The second kappa shape index (κ2) is 8.17. The molecule has 0 N–H and O–H groups in total. The lowest BCUT2D eigenvalue weighted by molar-refractivity contribution is -0.134. The summed E-state index contributed by atoms with van der Waals surface area (Å²) in [4.78, 5) is 11.1. The van der Waals surface area contributed by atoms with Crippen molar-refractivity contribution in [3.05, 3.63) is 58.6 Å². The number of esters is 1. The molecule has 0 spiro atoms. The van der Waals surface area contributed by atoms with Crippen molar-refractivity contribution in [3.8, 4) is 11.5 Å². The summed E-state index contributed by atoms with van der Waals surface area (Å²) >= 11 is 3.24. The van der Waals surface area contributed by atoms with Crippen molar-refractivity contribution in [1.82, 2.24) is 0 Å². The van der Waals surface area contributed by atoms with Crippen molar-refractivity contribution >= 4 is 38.1 Å². The summed E-state index contributed by atoms with van der Waals surface area (Å²) in [6, 6.07) is 10.7. The van der Waals surface area contributed by atoms with Gasteiger partial charge in [-0.2, -0.15) is 8.42 Å². The molecule has 0 saturated heterocycles. The predicted octanol–water partition coefficient (Wildman–Crippen LogP) is 3.41. The number of methoxy groups -OCH3 is 2. The Labute approximate surface area is 154 Å². The van der Waals surface area contributed by atoms with E-state index in [1.165, 1.54) is 44.6 Å². The minimum Gasteiger partial charge on any atom is -0.493 e. The van der Waals surface area contributed by atoms with Crippen LogP contribution in [-0.2, 0) is 19.6 Å². The molecule has 132 valence electrons. The average molecular weight is 427 g/mol. The van der Waals surface area contributed by atoms with Crippen LogP contribution in [0.4, 0.5) is 0 Å². The highest BCUT2D eigenvalue weighted by atomic mass is 79.9. The number of ether oxygens (including phenoxy) is 2. The van der Waals surface area contributed by atoms with Crippen LogP contribution in [0.3, 0.4) is 0 Å². The molecule has 0 fully saturated rings. The Kier molecular flexibility index (Phi) is 6.22. The Bertz CT molecular complexity index is 888. The minimum atomic E-state index is -4.00. The second-order valence-corrected chi connectivity index (χ2v) is 7.22. The first-order valence-corrected chi connectivity index (χ1v) is 9.20. The third kappa shape index (κ3) is 5.07. The monoisotopic (exact) mass is 426 g/mol. The van der Waals surface area contributed by atoms with Crippen molar-refractivity contribution in [2.45, 2.75) is 4.90 Å². The molecule has 0 unspecified atom stereocenters. The zero-order valence-corrected chi connectivity index (χ0v) is 15.8. The van der Waals surface area contributed by atoms with E-state index in [0.29, 0.717) is 5.56 Å². The second-order valence-electron chi connectivity index (χ2n) is 4.76. The Morgan fingerprint density at radius 2 is 1.72 bits per heavy atom. The van der Waals surface area contributed by atoms with Gasteiger partial charge in [0.25, 0.3) is 0 Å². The molecule has 25 heavy (non-hydrogen) atoms. The van der Waals surface area contributed by atoms with Gasteiger partial charge in [-0.25, -0.2) is 4.79 Å². The number of halogens is 1. The van der Waals surface area contributed by atoms with Crippen LogP contribution >= 0.6 is 15.9 Å². The lowest BCUT2D eigenvalue weighted by atomic mass is 10.2. The molecule has 2 rings (SSSR count). The van der Waals surface area contributed by atoms with E-state index in [1.54, 1.807) is 24.3 Å². The van der Waals surface area contributed by atoms with Gasteiger partial charge in [-0.05, 0) is 48.0 Å². The van der Waals surface area contributed by atoms with Crippen LogP contribution in [0.15, 0.2) is 57.9 Å². The highest BCUT2D eigenvalue weighted by molar-refractivity contribution is 9.10. The fourth-order valence-corrected chi connectivity index (χ4v) is 3.06. The molecule has 8 heteroatoms. The largest absolute Gasteiger partial charge is 0.493 e. The maximum absolute atomic E-state index is 12.4. The first-order chi connectivity index (χ1) is 11.9. The predicted molar refractivity (Wildman–Crippen MR) is 96.0 cm³/mol. The van der Waals surface area contributed by atoms with Crippen LogP contribution in [0.2, 0.25) is 0 Å². The number of hydrogen-bond donors (Lipinski definition) is 0. The normalized spacial score (nSPS) is 11.3. The topological polar surface area (TPSA) is 78.9 Å². The molecule has 0 atom stereocenters. The van der Waals surface area contributed by atoms with Gasteiger partial charge in [-0.15, -0.1) is 0 Å². The van der Waals surface area contributed by atoms with Crippen molar-refractivity contribution in [1.29, 1.82) is 0 Å². The van der Waals surface area contributed by atoms with E-state index in [1.807, 2.05) is 0 Å². The van der Waals surface area contributed by atoms with Crippen molar-refractivity contribution in [3.63, 3.8) is 0 Å². The van der Waals surface area contributed by atoms with Crippen LogP contribution in [-0.4, -0.2) is 28.6 Å². The first-order valence-electron chi connectivity index (χ1n) is 7.00. The fraction of sp³-hybridized carbons (Fsp3) is 0.118. The molecule has 0 heterocycles. The van der Waals surface area contributed by atoms with E-state index in [2.05, 4.69) is 20.7 Å². The molecule has 6 nitrogen and oxygen atoms in total. The number of hydrogen-bond acceptors (Lipinski definition) is 6. The summed E-state index contributed by atoms with van der Waals surface area (Å²) in [6.45, 7) is 0. The maximum Gasteiger partial charge on any atom is 0.339 e. The Morgan fingerprint density at radius 3 is 2.32 bits per heavy atom. The molecular weight excluding hydrogens is 412 g/mol. The van der Waals surface area contributed by atoms with Gasteiger partial charge in [0.15, 0.2) is 11.5 Å². The van der Waals surface area contributed by atoms with E-state index in [9.17, 15) is 13.2 Å². The summed E-state index contributed by atoms with van der Waals surface area (Å²) in [6.07, 6.45) is 2.76. The Hall–Kier alpha value is -2.32. The van der Waals surface area contributed by atoms with Gasteiger partial charge in [0.2, 0.25) is 0 Å². The zero-order valence-electron chi connectivity index (χ0n) is 13.4. The smallest absolute Gasteiger partial charge is 0.339 e. The van der Waals surface area contributed by atoms with E-state index in [-0.39, 0.29) is 16.4 Å². The molecule has 0 aromatic heterocycles. The molecule has 0 aliphatic carbocycles. The van der Waals surface area contributed by atoms with Gasteiger partial charge in [-0.1, -0.05) is 22.0 Å². The molecule has 0 aliphatic heterocycles. The van der Waals surface area contributed by atoms with Gasteiger partial charge in [-0.3, -0.25) is 0 Å². The van der Waals surface area contributed by atoms with E-state index in [4.69, 9.17) is 8.92 Å². The van der Waals surface area contributed by atoms with E-state index < -0.39 is 16.1 Å². The summed E-state index contributed by atoms with van der Waals surface area (Å²) in [5.41, 5.74) is 0.621. The number of rotatable bonds is 6. The summed E-state index contributed by atoms with van der Waals surface area (Å²) < 4.78 is 40.3. The van der Waals surface area contributed by atoms with E-state index in [0.717, 1.165) is 4.47 Å². The molecular formula is C17H15BrO6S. The van der Waals surface area contributed by atoms with Crippen LogP contribution in [0.5, 0.6) is 11.5 Å². The van der Waals surface area contributed by atoms with Gasteiger partial charge in [0.1, 0.15) is 4.90 Å². The third-order valence-corrected chi connectivity index (χ3v) is 4.88. The van der Waals surface area contributed by atoms with Crippen LogP contribution in [0.1, 0.15) is 5.56 Å². The number of carbonyl (C=O) groups excluding carboxylic acids is 1. The standard InChI is InChI=1S/C17H15BrO6S/c1-22-16-11-12(4-10-17(19)23-2)3-9-15(16)24-25(20,21)14-7-5-13(18)6-8-14/h3-11H,1-2H3/b10-4+. The van der Waals surface area contributed by atoms with Crippen molar-refractivity contribution < 1.29 is 26.9 Å². The van der Waals surface area contributed by atoms with Crippen LogP contribution < -0.4 is 8.92 Å². The SMILES string of the molecule is COC(=O)/C=C/c1ccc(OS(=O)(=O)c2ccc(Br)cc2)c(OC)c1. The van der Waals surface area contributed by atoms with Crippen LogP contribution in [0, 0.1) is 0 Å². The van der Waals surface area contributed by atoms with Crippen molar-refractivity contribution in [2.24, 2.45) is 0 Å². The Balaban J connectivity index is 2.28. The molecule has 0 saturated carbocycles. The fourth-order valence-electron chi connectivity index (χ4n) is 1.86. The average Bonchev–Trinajstić information content (AvgIpc) is 2.60. The number of carbonyl (C=O) groups is 1. The highest BCUT2D eigenvalue weighted by Crippen LogP contribution is 2.31. The van der Waals surface area contributed by atoms with Gasteiger partial charge in [0.05, 0.1) is 14.2 Å². The lowest BCUT2D eigenvalue weighted by Gasteiger charge is -2.11. The molecule has 0 amide bonds. The minimum absolute atomic E-state index is 0.0208. The third-order valence-electron chi connectivity index (χ3n) is 3.10. The van der Waals surface area contributed by atoms with Crippen LogP contribution in [0.25, 0.3) is 6.08 Å². The molecule has 0 aliphatic rings. The molecule has 0 bridgehead atoms. The number of benzene rings is 2. The Morgan fingerprint density at radius 1 is 1.04 bits per heavy atom. The molecule has 2 aromatic rings. The zero-order chi connectivity index (χ0) is 18.4. The summed E-state index contributed by atoms with van der Waals surface area (Å²) in [5.74, 6) is -0.245. The highest BCUT2D eigenvalue weighted by Gasteiger charge is 2.19. The van der Waals surface area contributed by atoms with Crippen molar-refractivity contribution in [2.75, 3.05) is 14.2 Å². The first kappa shape index (κ1) is 19.0. The molecule has 2 aromatic carbocycles.